The summed E-state index contributed by atoms with van der Waals surface area (Å²) in [5.41, 5.74) is 0. The molecule has 2 aliphatic heterocycles. The van der Waals surface area contributed by atoms with Crippen molar-refractivity contribution in [1.29, 1.82) is 0 Å². The monoisotopic (exact) mass is 378 g/mol. The third-order valence-corrected chi connectivity index (χ3v) is 4.20. The predicted octanol–water partition coefficient (Wildman–Crippen LogP) is -2.71. The van der Waals surface area contributed by atoms with Gasteiger partial charge in [0, 0.05) is 6.92 Å². The van der Waals surface area contributed by atoms with Crippen LogP contribution in [0.2, 0.25) is 0 Å². The summed E-state index contributed by atoms with van der Waals surface area (Å²) in [6.07, 6.45) is -5.02. The molecule has 26 heavy (non-hydrogen) atoms. The number of aliphatic hydroxyl groups is 3. The van der Waals surface area contributed by atoms with Crippen molar-refractivity contribution < 1.29 is 44.6 Å². The molecule has 0 aromatic heterocycles. The number of hydrazine groups is 1. The first kappa shape index (κ1) is 20.1. The molecule has 13 heteroatoms. The number of nitrogens with zero attached hydrogens (tertiary/aromatic N) is 3. The second-order valence-electron chi connectivity index (χ2n) is 6.03. The van der Waals surface area contributed by atoms with Gasteiger partial charge in [-0.05, 0) is 12.8 Å². The third-order valence-electron chi connectivity index (χ3n) is 4.20. The van der Waals surface area contributed by atoms with Crippen LogP contribution >= 0.6 is 0 Å². The lowest BCUT2D eigenvalue weighted by molar-refractivity contribution is -0.714. The molecule has 0 bridgehead atoms. The summed E-state index contributed by atoms with van der Waals surface area (Å²) in [6, 6.07) is -2.31. The van der Waals surface area contributed by atoms with Crippen molar-refractivity contribution in [3.05, 3.63) is 5.21 Å². The molecule has 2 heterocycles. The number of aliphatic hydroxyl groups excluding tert-OH is 3. The average molecular weight is 378 g/mol. The fourth-order valence-corrected chi connectivity index (χ4v) is 2.90. The lowest BCUT2D eigenvalue weighted by atomic mass is 9.97. The number of hydrogen-bond acceptors (Lipinski definition) is 9. The van der Waals surface area contributed by atoms with Crippen LogP contribution in [0, 0.1) is 5.21 Å². The van der Waals surface area contributed by atoms with E-state index in [-0.39, 0.29) is 17.9 Å². The van der Waals surface area contributed by atoms with Crippen LogP contribution in [0.4, 0.5) is 0 Å². The Balaban J connectivity index is 2.12. The first-order valence-corrected chi connectivity index (χ1v) is 7.99. The standard InChI is InChI=1S/C13H22N4O9/c1-6(19)14-9-11(21)10(20)8(5-18)25-13(9)26-15-17(24)16-4-2-3-7(16)12(22)23/h7-11,13,18,20-21H,2-5H2,1H3,(H,14,19)(H,22,23)/b17-15-/t7?,8-,9-,10-,11-,13+/m1/s1. The van der Waals surface area contributed by atoms with Crippen molar-refractivity contribution in [2.75, 3.05) is 13.2 Å². The molecule has 2 rings (SSSR count). The van der Waals surface area contributed by atoms with Crippen LogP contribution in [0.1, 0.15) is 19.8 Å². The Hall–Kier alpha value is -2.22. The van der Waals surface area contributed by atoms with Gasteiger partial charge in [-0.1, -0.05) is 0 Å². The first-order valence-electron chi connectivity index (χ1n) is 7.99. The van der Waals surface area contributed by atoms with Crippen LogP contribution in [-0.4, -0.2) is 92.1 Å². The molecule has 0 aromatic carbocycles. The van der Waals surface area contributed by atoms with Crippen LogP contribution in [0.3, 0.4) is 0 Å². The highest BCUT2D eigenvalue weighted by Crippen LogP contribution is 2.23. The van der Waals surface area contributed by atoms with Crippen molar-refractivity contribution in [1.82, 2.24) is 10.3 Å². The molecule has 0 aromatic rings. The predicted molar refractivity (Wildman–Crippen MR) is 79.9 cm³/mol. The van der Waals surface area contributed by atoms with Crippen LogP contribution in [0.15, 0.2) is 5.28 Å². The summed E-state index contributed by atoms with van der Waals surface area (Å²) in [7, 11) is 0. The molecule has 1 amide bonds. The number of hydrogen-bond donors (Lipinski definition) is 5. The van der Waals surface area contributed by atoms with Crippen LogP contribution < -0.4 is 5.32 Å². The third kappa shape index (κ3) is 4.30. The van der Waals surface area contributed by atoms with Crippen LogP contribution in [-0.2, 0) is 19.2 Å². The van der Waals surface area contributed by atoms with Gasteiger partial charge in [-0.15, -0.1) is 5.01 Å². The zero-order valence-corrected chi connectivity index (χ0v) is 14.0. The smallest absolute Gasteiger partial charge is 0.332 e. The minimum Gasteiger partial charge on any atom is -0.569 e. The molecule has 13 nitrogen and oxygen atoms in total. The zero-order chi connectivity index (χ0) is 19.4. The van der Waals surface area contributed by atoms with Gasteiger partial charge in [0.25, 0.3) is 6.29 Å². The lowest BCUT2D eigenvalue weighted by Crippen LogP contribution is -2.64. The number of amides is 1. The number of carbonyl (C=O) groups is 2. The van der Waals surface area contributed by atoms with E-state index in [0.717, 1.165) is 11.9 Å². The fourth-order valence-electron chi connectivity index (χ4n) is 2.90. The van der Waals surface area contributed by atoms with Gasteiger partial charge in [-0.2, -0.15) is 0 Å². The Labute approximate surface area is 147 Å². The van der Waals surface area contributed by atoms with Gasteiger partial charge in [-0.25, -0.2) is 4.79 Å². The van der Waals surface area contributed by atoms with E-state index >= 15 is 0 Å². The number of rotatable bonds is 6. The maximum absolute atomic E-state index is 12.0. The van der Waals surface area contributed by atoms with E-state index in [1.54, 1.807) is 0 Å². The summed E-state index contributed by atoms with van der Waals surface area (Å²) in [5.74, 6) is -1.74. The largest absolute Gasteiger partial charge is 0.569 e. The maximum Gasteiger partial charge on any atom is 0.332 e. The number of carbonyl (C=O) groups excluding carboxylic acids is 1. The average Bonchev–Trinajstić information content (AvgIpc) is 3.08. The van der Waals surface area contributed by atoms with Crippen molar-refractivity contribution in [2.45, 2.75) is 56.5 Å². The number of aliphatic carboxylic acids is 1. The van der Waals surface area contributed by atoms with E-state index in [4.69, 9.17) is 14.7 Å². The number of ether oxygens (including phenoxy) is 1. The van der Waals surface area contributed by atoms with Gasteiger partial charge in [-0.3, -0.25) is 4.79 Å². The van der Waals surface area contributed by atoms with Gasteiger partial charge in [0.2, 0.25) is 11.2 Å². The number of carboxylic acid groups (broad SMARTS) is 1. The Morgan fingerprint density at radius 2 is 2.12 bits per heavy atom. The van der Waals surface area contributed by atoms with E-state index in [2.05, 4.69) is 10.6 Å². The first-order chi connectivity index (χ1) is 12.3. The minimum absolute atomic E-state index is 0.0364. The highest BCUT2D eigenvalue weighted by atomic mass is 16.8. The van der Waals surface area contributed by atoms with E-state index < -0.39 is 55.2 Å². The Bertz CT molecular complexity index is 560. The molecule has 0 aliphatic carbocycles. The topological polar surface area (TPSA) is 187 Å². The molecule has 148 valence electrons. The van der Waals surface area contributed by atoms with Crippen molar-refractivity contribution >= 4 is 11.9 Å². The molecular weight excluding hydrogens is 356 g/mol. The molecule has 5 N–H and O–H groups in total. The molecule has 0 radical (unpaired) electrons. The number of carboxylic acids is 1. The lowest BCUT2D eigenvalue weighted by Gasteiger charge is -2.40. The second kappa shape index (κ2) is 8.44. The molecular formula is C13H22N4O9. The molecule has 2 aliphatic rings. The summed E-state index contributed by atoms with van der Waals surface area (Å²) < 4.78 is 5.23. The summed E-state index contributed by atoms with van der Waals surface area (Å²) in [5, 5.41) is 56.7. The number of nitrogens with one attached hydrogen (secondary N) is 1. The van der Waals surface area contributed by atoms with Gasteiger partial charge >= 0.3 is 5.97 Å². The SMILES string of the molecule is CC(=O)N[C@H]1[C@H](O/N=[N+](\[O-])N2CCCC2C(=O)O)O[C@H](CO)[C@@H](O)[C@@H]1O. The van der Waals surface area contributed by atoms with Crippen LogP contribution in [0.25, 0.3) is 0 Å². The zero-order valence-electron chi connectivity index (χ0n) is 14.0. The molecule has 0 spiro atoms. The minimum atomic E-state index is -1.55. The quantitative estimate of drug-likeness (QED) is 0.185. The molecule has 1 unspecified atom stereocenters. The highest BCUT2D eigenvalue weighted by Gasteiger charge is 2.47. The summed E-state index contributed by atoms with van der Waals surface area (Å²) in [4.78, 5) is 27.3. The Kier molecular flexibility index (Phi) is 6.52. The van der Waals surface area contributed by atoms with Gasteiger partial charge < -0.3 is 40.5 Å². The van der Waals surface area contributed by atoms with E-state index in [1.165, 1.54) is 0 Å². The summed E-state index contributed by atoms with van der Waals surface area (Å²) >= 11 is 0. The van der Waals surface area contributed by atoms with E-state index in [9.17, 15) is 30.1 Å². The molecule has 2 saturated heterocycles. The van der Waals surface area contributed by atoms with Gasteiger partial charge in [0.1, 0.15) is 24.4 Å². The van der Waals surface area contributed by atoms with Crippen molar-refractivity contribution in [3.8, 4) is 0 Å². The molecule has 0 saturated carbocycles. The Morgan fingerprint density at radius 3 is 2.69 bits per heavy atom. The molecule has 6 atom stereocenters. The fraction of sp³-hybridized carbons (Fsp3) is 0.846. The van der Waals surface area contributed by atoms with Crippen molar-refractivity contribution in [2.24, 2.45) is 5.28 Å². The normalized spacial score (nSPS) is 35.2. The van der Waals surface area contributed by atoms with E-state index in [0.29, 0.717) is 6.42 Å². The van der Waals surface area contributed by atoms with Crippen LogP contribution in [0.5, 0.6) is 0 Å². The molecule has 2 fully saturated rings. The van der Waals surface area contributed by atoms with Crippen molar-refractivity contribution in [3.63, 3.8) is 0 Å². The van der Waals surface area contributed by atoms with Gasteiger partial charge in [0.15, 0.2) is 6.04 Å². The summed E-state index contributed by atoms with van der Waals surface area (Å²) in [6.45, 7) is 0.667. The Morgan fingerprint density at radius 1 is 1.42 bits per heavy atom. The van der Waals surface area contributed by atoms with Gasteiger partial charge in [0.05, 0.1) is 18.1 Å². The second-order valence-corrected chi connectivity index (χ2v) is 6.03. The highest BCUT2D eigenvalue weighted by molar-refractivity contribution is 5.73. The van der Waals surface area contributed by atoms with E-state index in [1.807, 2.05) is 0 Å². The maximum atomic E-state index is 12.0.